The lowest BCUT2D eigenvalue weighted by Gasteiger charge is -2.49. The molecule has 1 saturated carbocycles. The highest BCUT2D eigenvalue weighted by molar-refractivity contribution is 5.84. The Morgan fingerprint density at radius 2 is 0.936 bits per heavy atom. The molecule has 0 spiro atoms. The van der Waals surface area contributed by atoms with E-state index in [4.69, 9.17) is 52.1 Å². The van der Waals surface area contributed by atoms with E-state index in [2.05, 4.69) is 31.9 Å². The maximum atomic E-state index is 14.5. The van der Waals surface area contributed by atoms with Crippen molar-refractivity contribution in [2.24, 2.45) is 0 Å². The number of aliphatic hydroxyl groups is 1. The zero-order valence-electron chi connectivity index (χ0n) is 48.9. The van der Waals surface area contributed by atoms with Crippen molar-refractivity contribution in [1.82, 2.24) is 31.9 Å². The molecule has 2 aliphatic heterocycles. The van der Waals surface area contributed by atoms with E-state index in [1.807, 2.05) is 6.92 Å². The van der Waals surface area contributed by atoms with E-state index in [1.165, 1.54) is 0 Å². The van der Waals surface area contributed by atoms with Gasteiger partial charge in [-0.15, -0.1) is 0 Å². The Kier molecular flexibility index (Phi) is 24.1. The lowest BCUT2D eigenvalue weighted by molar-refractivity contribution is -0.303. The number of alkyl carbamates (subject to hydrolysis) is 5. The highest BCUT2D eigenvalue weighted by Gasteiger charge is 2.53. The zero-order valence-corrected chi connectivity index (χ0v) is 48.9. The summed E-state index contributed by atoms with van der Waals surface area (Å²) in [6.45, 7) is 28.8. The van der Waals surface area contributed by atoms with Gasteiger partial charge in [-0.2, -0.15) is 0 Å². The Labute approximate surface area is 458 Å². The van der Waals surface area contributed by atoms with Crippen LogP contribution < -0.4 is 31.9 Å². The van der Waals surface area contributed by atoms with E-state index in [9.17, 15) is 43.5 Å². The van der Waals surface area contributed by atoms with E-state index in [0.29, 0.717) is 6.42 Å². The van der Waals surface area contributed by atoms with Crippen molar-refractivity contribution < 1.29 is 95.6 Å². The first-order valence-corrected chi connectivity index (χ1v) is 26.6. The van der Waals surface area contributed by atoms with Gasteiger partial charge in [0.25, 0.3) is 5.91 Å². The van der Waals surface area contributed by atoms with Crippen molar-refractivity contribution in [2.75, 3.05) is 13.1 Å². The van der Waals surface area contributed by atoms with Gasteiger partial charge < -0.3 is 89.1 Å². The highest BCUT2D eigenvalue weighted by atomic mass is 16.7. The van der Waals surface area contributed by atoms with Gasteiger partial charge in [0, 0.05) is 33.4 Å². The van der Waals surface area contributed by atoms with Crippen molar-refractivity contribution in [3.63, 3.8) is 0 Å². The highest BCUT2D eigenvalue weighted by Crippen LogP contribution is 2.35. The minimum Gasteiger partial charge on any atom is -0.455 e. The predicted molar refractivity (Wildman–Crippen MR) is 277 cm³/mol. The molecule has 3 rings (SSSR count). The van der Waals surface area contributed by atoms with Crippen LogP contribution in [0.1, 0.15) is 163 Å². The maximum Gasteiger partial charge on any atom is 0.408 e. The molecule has 13 atom stereocenters. The third kappa shape index (κ3) is 24.7. The van der Waals surface area contributed by atoms with Crippen LogP contribution in [0, 0.1) is 0 Å². The number of ether oxygens (including phenoxy) is 11. The monoisotopic (exact) mass is 1120 g/mol. The SMILES string of the molecule is CCC1C[C@H](NC(=O)OC(C)(C)C)C(OC(C)=O)[C@@H](O[C@@H]2C(O)C(O[C@H]3OC(CNC(=O)OC(C)(C)C)CCC3NC(=O)OC(C)(C)C)[C@H](NC(=O)OC(C)(C)C)C[C@H]2NC(=O)[C@H](CCNC(=O)OC(C)(C)C)OC(C)=O)O1. The number of carbonyl (C=O) groups excluding carboxylic acids is 8. The van der Waals surface area contributed by atoms with E-state index in [0.717, 1.165) is 13.8 Å². The quantitative estimate of drug-likeness (QED) is 0.0742. The van der Waals surface area contributed by atoms with E-state index in [-0.39, 0.29) is 45.2 Å². The number of amides is 6. The molecule has 0 radical (unpaired) electrons. The van der Waals surface area contributed by atoms with E-state index < -0.39 is 156 Å². The van der Waals surface area contributed by atoms with Crippen LogP contribution in [0.2, 0.25) is 0 Å². The molecule has 0 aromatic carbocycles. The summed E-state index contributed by atoms with van der Waals surface area (Å²) >= 11 is 0. The van der Waals surface area contributed by atoms with Crippen LogP contribution >= 0.6 is 0 Å². The van der Waals surface area contributed by atoms with Crippen LogP contribution in [0.3, 0.4) is 0 Å². The van der Waals surface area contributed by atoms with Crippen molar-refractivity contribution in [2.45, 2.75) is 271 Å². The molecule has 2 heterocycles. The summed E-state index contributed by atoms with van der Waals surface area (Å²) in [7, 11) is 0. The number of rotatable bonds is 17. The Morgan fingerprint density at radius 3 is 1.40 bits per heavy atom. The molecule has 26 heteroatoms. The van der Waals surface area contributed by atoms with Gasteiger partial charge in [-0.05, 0) is 136 Å². The summed E-state index contributed by atoms with van der Waals surface area (Å²) in [6.07, 6.45) is -16.5. The molecular formula is C52H90N6O20. The topological polar surface area (TPSA) is 330 Å². The molecule has 3 fully saturated rings. The van der Waals surface area contributed by atoms with Gasteiger partial charge in [-0.25, -0.2) is 24.0 Å². The molecule has 26 nitrogen and oxygen atoms in total. The minimum atomic E-state index is -1.93. The van der Waals surface area contributed by atoms with E-state index in [1.54, 1.807) is 104 Å². The molecule has 7 N–H and O–H groups in total. The third-order valence-electron chi connectivity index (χ3n) is 11.3. The Balaban J connectivity index is 2.24. The fourth-order valence-corrected chi connectivity index (χ4v) is 8.42. The maximum absolute atomic E-state index is 14.5. The first kappa shape index (κ1) is 66.8. The Morgan fingerprint density at radius 1 is 0.513 bits per heavy atom. The number of hydrogen-bond acceptors (Lipinski definition) is 20. The summed E-state index contributed by atoms with van der Waals surface area (Å²) in [5.74, 6) is -2.57. The standard InChI is InChI=1S/C52H90N6O20/c1-19-29-24-32(57-46(66)77-51(13,14)15)39(69-28(3)60)42(70-29)73-37-33(55-40(62)35(68-27(2)59)22-23-53-43(63)74-48(4,5)6)25-34(58-47(67)78-52(16,17)18)38(36(37)61)72-41-31(56-45(65)76-50(10,11)12)21-20-30(71-41)26-54-44(64)75-49(7,8)9/h29-39,41-42,61H,19-26H2,1-18H3,(H,53,63)(H,54,64)(H,55,62)(H,56,65)(H,57,66)(H,58,67)/t29?,30?,31?,32-,33+,34+,35-,36?,37-,38?,39?,41+,42+/m0/s1. The summed E-state index contributed by atoms with van der Waals surface area (Å²) in [5.41, 5.74) is -4.55. The number of carbonyl (C=O) groups is 8. The van der Waals surface area contributed by atoms with Crippen LogP contribution in [0.5, 0.6) is 0 Å². The van der Waals surface area contributed by atoms with Crippen molar-refractivity contribution >= 4 is 48.3 Å². The molecule has 2 saturated heterocycles. The van der Waals surface area contributed by atoms with Gasteiger partial charge in [0.1, 0.15) is 46.3 Å². The molecule has 0 aromatic heterocycles. The van der Waals surface area contributed by atoms with Gasteiger partial charge in [0.05, 0.1) is 36.4 Å². The number of hydrogen-bond donors (Lipinski definition) is 7. The second-order valence-corrected chi connectivity index (χ2v) is 24.5. The van der Waals surface area contributed by atoms with Crippen LogP contribution in [-0.2, 0) is 66.5 Å². The fourth-order valence-electron chi connectivity index (χ4n) is 8.42. The molecule has 0 aromatic rings. The largest absolute Gasteiger partial charge is 0.455 e. The van der Waals surface area contributed by atoms with Crippen LogP contribution in [-0.4, -0.2) is 174 Å². The molecule has 0 bridgehead atoms. The summed E-state index contributed by atoms with van der Waals surface area (Å²) in [4.78, 5) is 106. The minimum absolute atomic E-state index is 0.0783. The van der Waals surface area contributed by atoms with Crippen molar-refractivity contribution in [1.29, 1.82) is 0 Å². The molecule has 6 amide bonds. The van der Waals surface area contributed by atoms with Crippen LogP contribution in [0.4, 0.5) is 24.0 Å². The zero-order chi connectivity index (χ0) is 59.3. The molecule has 78 heavy (non-hydrogen) atoms. The number of nitrogens with one attached hydrogen (secondary N) is 6. The first-order chi connectivity index (χ1) is 35.7. The molecule has 1 aliphatic carbocycles. The second kappa shape index (κ2) is 28.1. The van der Waals surface area contributed by atoms with Gasteiger partial charge in [-0.1, -0.05) is 6.92 Å². The summed E-state index contributed by atoms with van der Waals surface area (Å²) in [5, 5.41) is 29.3. The van der Waals surface area contributed by atoms with Gasteiger partial charge in [0.2, 0.25) is 0 Å². The van der Waals surface area contributed by atoms with Crippen LogP contribution in [0.15, 0.2) is 0 Å². The van der Waals surface area contributed by atoms with Crippen molar-refractivity contribution in [3.05, 3.63) is 0 Å². The van der Waals surface area contributed by atoms with Gasteiger partial charge in [-0.3, -0.25) is 14.4 Å². The normalized spacial score (nSPS) is 27.3. The van der Waals surface area contributed by atoms with E-state index >= 15 is 0 Å². The van der Waals surface area contributed by atoms with Gasteiger partial charge >= 0.3 is 42.4 Å². The average Bonchev–Trinajstić information content (AvgIpc) is 3.23. The van der Waals surface area contributed by atoms with Crippen LogP contribution in [0.25, 0.3) is 0 Å². The number of aliphatic hydroxyl groups excluding tert-OH is 1. The molecule has 448 valence electrons. The average molecular weight is 1120 g/mol. The third-order valence-corrected chi connectivity index (χ3v) is 11.3. The Bertz CT molecular complexity index is 2040. The summed E-state index contributed by atoms with van der Waals surface area (Å²) in [6, 6.07) is -4.67. The van der Waals surface area contributed by atoms with Crippen molar-refractivity contribution in [3.8, 4) is 0 Å². The molecule has 6 unspecified atom stereocenters. The fraction of sp³-hybridized carbons (Fsp3) is 0.846. The lowest BCUT2D eigenvalue weighted by atomic mass is 9.83. The number of esters is 2. The van der Waals surface area contributed by atoms with Gasteiger partial charge in [0.15, 0.2) is 24.8 Å². The molecule has 3 aliphatic rings. The predicted octanol–water partition coefficient (Wildman–Crippen LogP) is 5.02. The smallest absolute Gasteiger partial charge is 0.408 e. The Hall–Kier alpha value is -5.44. The molecular weight excluding hydrogens is 1030 g/mol. The second-order valence-electron chi connectivity index (χ2n) is 24.5. The lowest BCUT2D eigenvalue weighted by Crippen LogP contribution is -2.69. The first-order valence-electron chi connectivity index (χ1n) is 26.6. The summed E-state index contributed by atoms with van der Waals surface area (Å²) < 4.78 is 65.0.